The van der Waals surface area contributed by atoms with Gasteiger partial charge in [-0.2, -0.15) is 0 Å². The van der Waals surface area contributed by atoms with Gasteiger partial charge in [0.2, 0.25) is 0 Å². The van der Waals surface area contributed by atoms with Gasteiger partial charge in [-0.1, -0.05) is 33.1 Å². The van der Waals surface area contributed by atoms with Gasteiger partial charge in [-0.3, -0.25) is 0 Å². The molecule has 0 unspecified atom stereocenters. The molecule has 0 saturated heterocycles. The standard InChI is InChI=1S/C9H20Si/c1-3-9(4-2)7-5-6-8-10/h8-9H,3-7,10H2,1-2H3. The molecule has 0 aliphatic rings. The predicted molar refractivity (Wildman–Crippen MR) is 52.5 cm³/mol. The molecule has 0 radical (unpaired) electrons. The highest BCUT2D eigenvalue weighted by Gasteiger charge is 2.00. The van der Waals surface area contributed by atoms with Crippen molar-refractivity contribution in [1.82, 2.24) is 0 Å². The van der Waals surface area contributed by atoms with Gasteiger partial charge >= 0.3 is 0 Å². The molecule has 0 nitrogen and oxygen atoms in total. The van der Waals surface area contributed by atoms with Crippen molar-refractivity contribution in [2.75, 3.05) is 0 Å². The van der Waals surface area contributed by atoms with Crippen molar-refractivity contribution in [2.24, 2.45) is 5.92 Å². The first-order valence-corrected chi connectivity index (χ1v) is 5.27. The third-order valence-electron chi connectivity index (χ3n) is 2.18. The Morgan fingerprint density at radius 2 is 1.90 bits per heavy atom. The number of hydrogen-bond donors (Lipinski definition) is 0. The van der Waals surface area contributed by atoms with Crippen LogP contribution in [0, 0.1) is 5.92 Å². The van der Waals surface area contributed by atoms with Crippen molar-refractivity contribution in [1.29, 1.82) is 0 Å². The molecule has 1 heteroatoms. The van der Waals surface area contributed by atoms with E-state index in [1.165, 1.54) is 32.1 Å². The predicted octanol–water partition coefficient (Wildman–Crippen LogP) is 2.03. The van der Waals surface area contributed by atoms with Crippen LogP contribution in [-0.4, -0.2) is 15.5 Å². The number of rotatable bonds is 6. The van der Waals surface area contributed by atoms with E-state index in [1.807, 2.05) is 9.85 Å². The maximum atomic E-state index is 2.30. The number of hydrogen-bond acceptors (Lipinski definition) is 0. The highest BCUT2D eigenvalue weighted by Crippen LogP contribution is 2.14. The summed E-state index contributed by atoms with van der Waals surface area (Å²) in [7, 11) is 1.97. The maximum Gasteiger partial charge on any atom is -0.0288 e. The molecule has 0 bridgehead atoms. The second-order valence-corrected chi connectivity index (χ2v) is 3.48. The van der Waals surface area contributed by atoms with Crippen molar-refractivity contribution < 1.29 is 0 Å². The van der Waals surface area contributed by atoms with E-state index in [0.29, 0.717) is 0 Å². The van der Waals surface area contributed by atoms with E-state index in [9.17, 15) is 0 Å². The fraction of sp³-hybridized carbons (Fsp3) is 0.889. The Morgan fingerprint density at radius 1 is 1.30 bits per heavy atom. The van der Waals surface area contributed by atoms with E-state index in [-0.39, 0.29) is 0 Å². The van der Waals surface area contributed by atoms with Gasteiger partial charge in [0.25, 0.3) is 0 Å². The van der Waals surface area contributed by atoms with E-state index >= 15 is 0 Å². The second-order valence-electron chi connectivity index (χ2n) is 2.90. The first kappa shape index (κ1) is 10.1. The van der Waals surface area contributed by atoms with Crippen LogP contribution in [-0.2, 0) is 0 Å². The summed E-state index contributed by atoms with van der Waals surface area (Å²) in [5, 5.41) is 0. The molecule has 0 rings (SSSR count). The highest BCUT2D eigenvalue weighted by atomic mass is 28.1. The molecule has 0 aromatic rings. The van der Waals surface area contributed by atoms with E-state index in [0.717, 1.165) is 5.92 Å². The van der Waals surface area contributed by atoms with Crippen LogP contribution in [0.15, 0.2) is 0 Å². The summed E-state index contributed by atoms with van der Waals surface area (Å²) in [6.07, 6.45) is 6.87. The molecule has 0 heterocycles. The van der Waals surface area contributed by atoms with E-state index in [1.54, 1.807) is 0 Å². The van der Waals surface area contributed by atoms with Crippen LogP contribution in [0.25, 0.3) is 0 Å². The van der Waals surface area contributed by atoms with Gasteiger partial charge in [-0.25, -0.2) is 0 Å². The molecule has 0 saturated carbocycles. The maximum absolute atomic E-state index is 2.30. The van der Waals surface area contributed by atoms with Crippen molar-refractivity contribution in [3.05, 3.63) is 0 Å². The van der Waals surface area contributed by atoms with Gasteiger partial charge in [-0.15, -0.1) is 5.67 Å². The Morgan fingerprint density at radius 3 is 2.30 bits per heavy atom. The largest absolute Gasteiger partial charge is 0.110 e. The summed E-state index contributed by atoms with van der Waals surface area (Å²) in [4.78, 5) is 0. The average molecular weight is 156 g/mol. The zero-order chi connectivity index (χ0) is 7.82. The summed E-state index contributed by atoms with van der Waals surface area (Å²) >= 11 is 0. The van der Waals surface area contributed by atoms with E-state index < -0.39 is 0 Å². The lowest BCUT2D eigenvalue weighted by molar-refractivity contribution is 0.446. The van der Waals surface area contributed by atoms with Crippen molar-refractivity contribution in [3.8, 4) is 0 Å². The Bertz CT molecular complexity index is 74.8. The molecule has 0 N–H and O–H groups in total. The first-order valence-electron chi connectivity index (χ1n) is 4.46. The summed E-state index contributed by atoms with van der Waals surface area (Å²) < 4.78 is 0. The Balaban J connectivity index is 3.16. The zero-order valence-corrected chi connectivity index (χ0v) is 8.81. The van der Waals surface area contributed by atoms with Crippen LogP contribution in [0.5, 0.6) is 0 Å². The summed E-state index contributed by atoms with van der Waals surface area (Å²) in [6, 6.07) is 0. The molecule has 60 valence electrons. The van der Waals surface area contributed by atoms with Crippen molar-refractivity contribution >= 4 is 15.5 Å². The normalized spacial score (nSPS) is 10.3. The van der Waals surface area contributed by atoms with Gasteiger partial charge in [0.15, 0.2) is 0 Å². The lowest BCUT2D eigenvalue weighted by Gasteiger charge is -2.09. The molecule has 10 heavy (non-hydrogen) atoms. The molecule has 0 aliphatic heterocycles. The smallest absolute Gasteiger partial charge is 0.0288 e. The fourth-order valence-electron chi connectivity index (χ4n) is 1.25. The van der Waals surface area contributed by atoms with Gasteiger partial charge in [-0.05, 0) is 28.6 Å². The fourth-order valence-corrected chi connectivity index (χ4v) is 1.54. The van der Waals surface area contributed by atoms with Gasteiger partial charge < -0.3 is 0 Å². The minimum atomic E-state index is 0.989. The van der Waals surface area contributed by atoms with Crippen LogP contribution >= 0.6 is 0 Å². The van der Waals surface area contributed by atoms with Crippen LogP contribution in [0.4, 0.5) is 0 Å². The van der Waals surface area contributed by atoms with Crippen LogP contribution in [0.3, 0.4) is 0 Å². The SMILES string of the molecule is CCC(CC)CCCC=[SiH2]. The first-order chi connectivity index (χ1) is 4.85. The Hall–Kier alpha value is 0.0869. The van der Waals surface area contributed by atoms with Crippen LogP contribution < -0.4 is 0 Å². The van der Waals surface area contributed by atoms with Gasteiger partial charge in [0, 0.05) is 0 Å². The third kappa shape index (κ3) is 4.92. The molecule has 0 spiro atoms. The Labute approximate surface area is 68.1 Å². The van der Waals surface area contributed by atoms with Gasteiger partial charge in [0.05, 0.1) is 0 Å². The Kier molecular flexibility index (Phi) is 7.26. The van der Waals surface area contributed by atoms with Crippen molar-refractivity contribution in [3.63, 3.8) is 0 Å². The highest BCUT2D eigenvalue weighted by molar-refractivity contribution is 6.27. The van der Waals surface area contributed by atoms with Crippen LogP contribution in [0.1, 0.15) is 46.0 Å². The number of unbranched alkanes of at least 4 members (excludes halogenated alkanes) is 1. The molecule has 0 amide bonds. The second kappa shape index (κ2) is 7.20. The minimum absolute atomic E-state index is 0.989. The molecule has 0 fully saturated rings. The minimum Gasteiger partial charge on any atom is -0.110 e. The molecular weight excluding hydrogens is 136 g/mol. The summed E-state index contributed by atoms with van der Waals surface area (Å²) in [6.45, 7) is 4.59. The summed E-state index contributed by atoms with van der Waals surface area (Å²) in [5.41, 5.74) is 2.29. The topological polar surface area (TPSA) is 0 Å². The molecule has 0 aromatic carbocycles. The van der Waals surface area contributed by atoms with Crippen molar-refractivity contribution in [2.45, 2.75) is 46.0 Å². The average Bonchev–Trinajstić information content (AvgIpc) is 1.99. The molecule has 0 aromatic heterocycles. The van der Waals surface area contributed by atoms with Crippen LogP contribution in [0.2, 0.25) is 0 Å². The lowest BCUT2D eigenvalue weighted by atomic mass is 9.97. The molecular formula is C9H20Si. The monoisotopic (exact) mass is 156 g/mol. The zero-order valence-electron chi connectivity index (χ0n) is 7.40. The quantitative estimate of drug-likeness (QED) is 0.408. The molecule has 0 aliphatic carbocycles. The molecule has 0 atom stereocenters. The van der Waals surface area contributed by atoms with E-state index in [4.69, 9.17) is 0 Å². The third-order valence-corrected chi connectivity index (χ3v) is 2.58. The van der Waals surface area contributed by atoms with Gasteiger partial charge in [0.1, 0.15) is 0 Å². The lowest BCUT2D eigenvalue weighted by Crippen LogP contribution is -1.96. The summed E-state index contributed by atoms with van der Waals surface area (Å²) in [5.74, 6) is 0.989. The van der Waals surface area contributed by atoms with E-state index in [2.05, 4.69) is 19.5 Å².